The molecule has 6 nitrogen and oxygen atoms in total. The fourth-order valence-electron chi connectivity index (χ4n) is 2.64. The van der Waals surface area contributed by atoms with Crippen molar-refractivity contribution in [3.63, 3.8) is 0 Å². The van der Waals surface area contributed by atoms with Crippen LogP contribution in [0.4, 0.5) is 5.95 Å². The van der Waals surface area contributed by atoms with Gasteiger partial charge < -0.3 is 14.2 Å². The molecular formula is C15H25N3O3. The van der Waals surface area contributed by atoms with E-state index < -0.39 is 5.92 Å². The molecule has 1 aromatic rings. The molecule has 21 heavy (non-hydrogen) atoms. The third-order valence-corrected chi connectivity index (χ3v) is 3.79. The molecule has 2 rings (SSSR count). The summed E-state index contributed by atoms with van der Waals surface area (Å²) in [6, 6.07) is 0. The minimum absolute atomic E-state index is 0.0569. The van der Waals surface area contributed by atoms with Crippen LogP contribution < -0.4 is 4.90 Å². The summed E-state index contributed by atoms with van der Waals surface area (Å²) >= 11 is 0. The molecule has 0 bridgehead atoms. The Morgan fingerprint density at radius 3 is 2.52 bits per heavy atom. The zero-order valence-electron chi connectivity index (χ0n) is 13.2. The monoisotopic (exact) mass is 295 g/mol. The lowest BCUT2D eigenvalue weighted by atomic mass is 9.96. The summed E-state index contributed by atoms with van der Waals surface area (Å²) in [5.41, 5.74) is 0. The Hall–Kier alpha value is -1.59. The van der Waals surface area contributed by atoms with Gasteiger partial charge in [-0.15, -0.1) is 0 Å². The molecular weight excluding hydrogens is 270 g/mol. The van der Waals surface area contributed by atoms with Gasteiger partial charge in [-0.2, -0.15) is 4.98 Å². The SMILES string of the molecule is CCOC(=O)C(c1nc(N2CCCCCC2)no1)C(C)C. The highest BCUT2D eigenvalue weighted by molar-refractivity contribution is 5.77. The maximum Gasteiger partial charge on any atom is 0.318 e. The highest BCUT2D eigenvalue weighted by Gasteiger charge is 2.32. The van der Waals surface area contributed by atoms with E-state index in [2.05, 4.69) is 15.0 Å². The first kappa shape index (κ1) is 15.8. The average Bonchev–Trinajstić information content (AvgIpc) is 2.74. The van der Waals surface area contributed by atoms with Gasteiger partial charge in [0.1, 0.15) is 5.92 Å². The minimum atomic E-state index is -0.488. The van der Waals surface area contributed by atoms with Gasteiger partial charge in [-0.05, 0) is 30.8 Å². The summed E-state index contributed by atoms with van der Waals surface area (Å²) in [6.07, 6.45) is 4.79. The Balaban J connectivity index is 2.13. The molecule has 0 saturated carbocycles. The number of hydrogen-bond acceptors (Lipinski definition) is 6. The van der Waals surface area contributed by atoms with Crippen molar-refractivity contribution in [2.45, 2.75) is 52.4 Å². The van der Waals surface area contributed by atoms with Crippen molar-refractivity contribution >= 4 is 11.9 Å². The first-order chi connectivity index (χ1) is 10.1. The predicted octanol–water partition coefficient (Wildman–Crippen LogP) is 2.75. The van der Waals surface area contributed by atoms with Gasteiger partial charge in [0.25, 0.3) is 5.95 Å². The van der Waals surface area contributed by atoms with Gasteiger partial charge in [0.05, 0.1) is 6.61 Å². The molecule has 6 heteroatoms. The maximum absolute atomic E-state index is 12.1. The van der Waals surface area contributed by atoms with Crippen LogP contribution in [0.1, 0.15) is 58.3 Å². The molecule has 0 amide bonds. The molecule has 0 spiro atoms. The van der Waals surface area contributed by atoms with Crippen LogP contribution in [0.3, 0.4) is 0 Å². The largest absolute Gasteiger partial charge is 0.465 e. The van der Waals surface area contributed by atoms with Crippen LogP contribution in [0.15, 0.2) is 4.52 Å². The summed E-state index contributed by atoms with van der Waals surface area (Å²) in [5.74, 6) is 0.239. The van der Waals surface area contributed by atoms with Crippen molar-refractivity contribution in [3.05, 3.63) is 5.89 Å². The summed E-state index contributed by atoms with van der Waals surface area (Å²) < 4.78 is 10.5. The Morgan fingerprint density at radius 1 is 1.29 bits per heavy atom. The Morgan fingerprint density at radius 2 is 1.95 bits per heavy atom. The fraction of sp³-hybridized carbons (Fsp3) is 0.800. The van der Waals surface area contributed by atoms with E-state index in [4.69, 9.17) is 9.26 Å². The molecule has 0 N–H and O–H groups in total. The van der Waals surface area contributed by atoms with Crippen molar-refractivity contribution in [2.75, 3.05) is 24.6 Å². The molecule has 1 unspecified atom stereocenters. The van der Waals surface area contributed by atoms with Crippen LogP contribution in [-0.4, -0.2) is 35.8 Å². The van der Waals surface area contributed by atoms with E-state index in [9.17, 15) is 4.79 Å². The molecule has 1 fully saturated rings. The lowest BCUT2D eigenvalue weighted by molar-refractivity contribution is -0.146. The lowest BCUT2D eigenvalue weighted by Gasteiger charge is -2.17. The first-order valence-corrected chi connectivity index (χ1v) is 7.88. The van der Waals surface area contributed by atoms with Gasteiger partial charge in [-0.1, -0.05) is 26.7 Å². The maximum atomic E-state index is 12.1. The number of esters is 1. The smallest absolute Gasteiger partial charge is 0.318 e. The summed E-state index contributed by atoms with van der Waals surface area (Å²) in [7, 11) is 0. The Bertz CT molecular complexity index is 451. The average molecular weight is 295 g/mol. The Labute approximate surface area is 125 Å². The molecule has 0 aromatic carbocycles. The normalized spacial score (nSPS) is 17.6. The van der Waals surface area contributed by atoms with E-state index in [1.165, 1.54) is 12.8 Å². The van der Waals surface area contributed by atoms with Crippen molar-refractivity contribution in [3.8, 4) is 0 Å². The number of carbonyl (C=O) groups excluding carboxylic acids is 1. The lowest BCUT2D eigenvalue weighted by Crippen LogP contribution is -2.25. The van der Waals surface area contributed by atoms with Crippen molar-refractivity contribution in [2.24, 2.45) is 5.92 Å². The van der Waals surface area contributed by atoms with E-state index in [1.54, 1.807) is 6.92 Å². The minimum Gasteiger partial charge on any atom is -0.465 e. The highest BCUT2D eigenvalue weighted by atomic mass is 16.5. The molecule has 1 aromatic heterocycles. The second-order valence-corrected chi connectivity index (χ2v) is 5.81. The van der Waals surface area contributed by atoms with Gasteiger partial charge in [-0.3, -0.25) is 4.79 Å². The van der Waals surface area contributed by atoms with Crippen molar-refractivity contribution in [1.82, 2.24) is 10.1 Å². The molecule has 0 aliphatic carbocycles. The quantitative estimate of drug-likeness (QED) is 0.778. The van der Waals surface area contributed by atoms with Gasteiger partial charge >= 0.3 is 5.97 Å². The third kappa shape index (κ3) is 3.95. The summed E-state index contributed by atoms with van der Waals surface area (Å²) in [5, 5.41) is 4.06. The van der Waals surface area contributed by atoms with Crippen LogP contribution in [0.25, 0.3) is 0 Å². The zero-order chi connectivity index (χ0) is 15.2. The van der Waals surface area contributed by atoms with E-state index in [-0.39, 0.29) is 11.9 Å². The summed E-state index contributed by atoms with van der Waals surface area (Å²) in [4.78, 5) is 18.7. The third-order valence-electron chi connectivity index (χ3n) is 3.79. The van der Waals surface area contributed by atoms with E-state index in [0.717, 1.165) is 25.9 Å². The zero-order valence-corrected chi connectivity index (χ0v) is 13.2. The second-order valence-electron chi connectivity index (χ2n) is 5.81. The van der Waals surface area contributed by atoms with E-state index >= 15 is 0 Å². The second kappa shape index (κ2) is 7.43. The Kier molecular flexibility index (Phi) is 5.59. The number of hydrogen-bond donors (Lipinski definition) is 0. The topological polar surface area (TPSA) is 68.5 Å². The van der Waals surface area contributed by atoms with Crippen LogP contribution in [-0.2, 0) is 9.53 Å². The number of aromatic nitrogens is 2. The van der Waals surface area contributed by atoms with Crippen LogP contribution in [0.5, 0.6) is 0 Å². The number of ether oxygens (including phenoxy) is 1. The number of rotatable bonds is 5. The van der Waals surface area contributed by atoms with E-state index in [1.807, 2.05) is 13.8 Å². The van der Waals surface area contributed by atoms with Crippen molar-refractivity contribution < 1.29 is 14.1 Å². The van der Waals surface area contributed by atoms with Crippen LogP contribution in [0, 0.1) is 5.92 Å². The predicted molar refractivity (Wildman–Crippen MR) is 79.2 cm³/mol. The number of carbonyl (C=O) groups is 1. The molecule has 1 aliphatic heterocycles. The molecule has 118 valence electrons. The van der Waals surface area contributed by atoms with Crippen molar-refractivity contribution in [1.29, 1.82) is 0 Å². The summed E-state index contributed by atoms with van der Waals surface area (Å²) in [6.45, 7) is 7.96. The molecule has 1 saturated heterocycles. The van der Waals surface area contributed by atoms with Gasteiger partial charge in [0.15, 0.2) is 0 Å². The molecule has 1 aliphatic rings. The van der Waals surface area contributed by atoms with Crippen LogP contribution in [0.2, 0.25) is 0 Å². The standard InChI is InChI=1S/C15H25N3O3/c1-4-20-14(19)12(11(2)3)13-16-15(17-21-13)18-9-7-5-6-8-10-18/h11-12H,4-10H2,1-3H3. The highest BCUT2D eigenvalue weighted by Crippen LogP contribution is 2.26. The van der Waals surface area contributed by atoms with Gasteiger partial charge in [0, 0.05) is 13.1 Å². The first-order valence-electron chi connectivity index (χ1n) is 7.88. The number of nitrogens with zero attached hydrogens (tertiary/aromatic N) is 3. The van der Waals surface area contributed by atoms with Gasteiger partial charge in [-0.25, -0.2) is 0 Å². The number of anilines is 1. The molecule has 2 heterocycles. The fourth-order valence-corrected chi connectivity index (χ4v) is 2.64. The van der Waals surface area contributed by atoms with Gasteiger partial charge in [0.2, 0.25) is 5.89 Å². The van der Waals surface area contributed by atoms with Crippen LogP contribution >= 0.6 is 0 Å². The van der Waals surface area contributed by atoms with E-state index in [0.29, 0.717) is 18.4 Å². The molecule has 1 atom stereocenters. The molecule has 0 radical (unpaired) electrons.